The molecule has 1 fully saturated rings. The van der Waals surface area contributed by atoms with E-state index < -0.39 is 16.1 Å². The van der Waals surface area contributed by atoms with E-state index in [1.54, 1.807) is 17.0 Å². The predicted octanol–water partition coefficient (Wildman–Crippen LogP) is 0.614. The fourth-order valence-electron chi connectivity index (χ4n) is 4.04. The fraction of sp³-hybridized carbons (Fsp3) is 0.600. The molecule has 1 aromatic rings. The number of likely N-dealkylation sites (tertiary alicyclic amines) is 1. The summed E-state index contributed by atoms with van der Waals surface area (Å²) in [5, 5.41) is 3.25. The molecule has 0 aromatic heterocycles. The topological polar surface area (TPSA) is 143 Å². The lowest BCUT2D eigenvalue weighted by atomic mass is 9.96. The number of carbonyl (C=O) groups excluding carboxylic acids is 1. The van der Waals surface area contributed by atoms with Crippen LogP contribution < -0.4 is 21.5 Å². The number of nitrogens with zero attached hydrogens (tertiary/aromatic N) is 2. The lowest BCUT2D eigenvalue weighted by molar-refractivity contribution is -0.132. The van der Waals surface area contributed by atoms with Crippen molar-refractivity contribution in [3.63, 3.8) is 0 Å². The van der Waals surface area contributed by atoms with Crippen molar-refractivity contribution in [3.05, 3.63) is 23.8 Å². The van der Waals surface area contributed by atoms with E-state index in [9.17, 15) is 13.2 Å². The Kier molecular flexibility index (Phi) is 7.19. The number of para-hydroxylation sites is 1. The minimum atomic E-state index is -3.89. The highest BCUT2D eigenvalue weighted by Crippen LogP contribution is 2.31. The number of hydrogen-bond acceptors (Lipinski definition) is 5. The maximum Gasteiger partial charge on any atom is 0.243 e. The van der Waals surface area contributed by atoms with Crippen LogP contribution in [-0.2, 0) is 21.2 Å². The van der Waals surface area contributed by atoms with E-state index in [2.05, 4.69) is 22.0 Å². The van der Waals surface area contributed by atoms with E-state index >= 15 is 0 Å². The number of nitrogens with one attached hydrogen (secondary N) is 2. The average Bonchev–Trinajstić information content (AvgIpc) is 3.23. The Balaban J connectivity index is 1.81. The number of anilines is 1. The summed E-state index contributed by atoms with van der Waals surface area (Å²) in [6.45, 7) is 4.50. The summed E-state index contributed by atoms with van der Waals surface area (Å²) in [5.41, 5.74) is 12.3. The number of amides is 1. The molecule has 0 saturated carbocycles. The first-order chi connectivity index (χ1) is 14.3. The van der Waals surface area contributed by atoms with Gasteiger partial charge in [-0.3, -0.25) is 9.79 Å². The molecule has 1 aromatic carbocycles. The first kappa shape index (κ1) is 22.4. The van der Waals surface area contributed by atoms with Crippen molar-refractivity contribution in [2.24, 2.45) is 22.4 Å². The van der Waals surface area contributed by atoms with E-state index in [0.29, 0.717) is 50.6 Å². The highest BCUT2D eigenvalue weighted by atomic mass is 32.2. The first-order valence-corrected chi connectivity index (χ1v) is 12.0. The highest BCUT2D eigenvalue weighted by Gasteiger charge is 2.32. The summed E-state index contributed by atoms with van der Waals surface area (Å²) in [7, 11) is -3.89. The molecule has 10 heteroatoms. The van der Waals surface area contributed by atoms with E-state index in [4.69, 9.17) is 11.5 Å². The van der Waals surface area contributed by atoms with Gasteiger partial charge in [0, 0.05) is 26.2 Å². The summed E-state index contributed by atoms with van der Waals surface area (Å²) in [6, 6.07) is 4.43. The van der Waals surface area contributed by atoms with Crippen LogP contribution in [0.25, 0.3) is 0 Å². The average molecular weight is 437 g/mol. The van der Waals surface area contributed by atoms with Gasteiger partial charge in [0.05, 0.1) is 5.69 Å². The van der Waals surface area contributed by atoms with Crippen LogP contribution in [0.2, 0.25) is 0 Å². The zero-order valence-electron chi connectivity index (χ0n) is 17.4. The van der Waals surface area contributed by atoms with Crippen molar-refractivity contribution in [3.8, 4) is 0 Å². The number of benzene rings is 1. The Morgan fingerprint density at radius 3 is 2.77 bits per heavy atom. The van der Waals surface area contributed by atoms with Gasteiger partial charge < -0.3 is 21.7 Å². The number of nitrogens with two attached hydrogens (primary N) is 2. The van der Waals surface area contributed by atoms with E-state index in [0.717, 1.165) is 24.8 Å². The Bertz CT molecular complexity index is 892. The van der Waals surface area contributed by atoms with E-state index in [1.165, 1.54) is 0 Å². The zero-order valence-corrected chi connectivity index (χ0v) is 18.2. The molecule has 2 aliphatic rings. The molecule has 1 saturated heterocycles. The van der Waals surface area contributed by atoms with Gasteiger partial charge in [0.1, 0.15) is 10.9 Å². The molecular formula is C20H32N6O3S. The lowest BCUT2D eigenvalue weighted by Gasteiger charge is -2.27. The molecule has 1 amide bonds. The summed E-state index contributed by atoms with van der Waals surface area (Å²) < 4.78 is 29.2. The van der Waals surface area contributed by atoms with Crippen LogP contribution in [-0.4, -0.2) is 57.4 Å². The smallest absolute Gasteiger partial charge is 0.243 e. The largest absolute Gasteiger partial charge is 0.383 e. The molecule has 2 atom stereocenters. The standard InChI is InChI=1S/C20H32N6O3S/c1-14-12-15-6-4-8-17(18(15)24-13-14)30(28,29)25-16(7-5-9-23-20(21)22)19(27)26-10-2-3-11-26/h4,6,8,14,16,24-25H,2-3,5,7,9-13H2,1H3,(H4,21,22,23)/t14?,16-/m0/s1. The predicted molar refractivity (Wildman–Crippen MR) is 118 cm³/mol. The minimum Gasteiger partial charge on any atom is -0.383 e. The number of rotatable bonds is 8. The van der Waals surface area contributed by atoms with Gasteiger partial charge in [-0.05, 0) is 49.7 Å². The maximum absolute atomic E-state index is 13.3. The van der Waals surface area contributed by atoms with Crippen molar-refractivity contribution in [2.45, 2.75) is 50.0 Å². The number of aliphatic imine (C=N–C) groups is 1. The SMILES string of the molecule is CC1CNc2c(cccc2S(=O)(=O)N[C@@H](CCCN=C(N)N)C(=O)N2CCCC2)C1. The van der Waals surface area contributed by atoms with Gasteiger partial charge in [-0.2, -0.15) is 4.72 Å². The molecule has 0 radical (unpaired) electrons. The molecule has 0 aliphatic carbocycles. The molecule has 6 N–H and O–H groups in total. The van der Waals surface area contributed by atoms with E-state index in [1.807, 2.05) is 6.07 Å². The summed E-state index contributed by atoms with van der Waals surface area (Å²) in [5.74, 6) is 0.227. The van der Waals surface area contributed by atoms with Crippen LogP contribution in [0.3, 0.4) is 0 Å². The molecule has 0 bridgehead atoms. The molecule has 166 valence electrons. The molecule has 2 heterocycles. The zero-order chi connectivity index (χ0) is 21.7. The van der Waals surface area contributed by atoms with Crippen LogP contribution in [0.4, 0.5) is 5.69 Å². The summed E-state index contributed by atoms with van der Waals surface area (Å²) in [4.78, 5) is 18.9. The van der Waals surface area contributed by atoms with Crippen LogP contribution in [0.15, 0.2) is 28.1 Å². The third-order valence-electron chi connectivity index (χ3n) is 5.56. The number of carbonyl (C=O) groups is 1. The maximum atomic E-state index is 13.3. The number of hydrogen-bond donors (Lipinski definition) is 4. The van der Waals surface area contributed by atoms with Gasteiger partial charge in [0.15, 0.2) is 5.96 Å². The van der Waals surface area contributed by atoms with Gasteiger partial charge in [0.25, 0.3) is 0 Å². The Hall–Kier alpha value is -2.33. The minimum absolute atomic E-state index is 0.0192. The fourth-order valence-corrected chi connectivity index (χ4v) is 5.49. The molecule has 30 heavy (non-hydrogen) atoms. The number of fused-ring (bicyclic) bond motifs is 1. The van der Waals surface area contributed by atoms with Crippen molar-refractivity contribution >= 4 is 27.6 Å². The Labute approximate surface area is 178 Å². The third kappa shape index (κ3) is 5.42. The second-order valence-corrected chi connectivity index (χ2v) is 9.82. The van der Waals surface area contributed by atoms with Crippen LogP contribution in [0, 0.1) is 5.92 Å². The van der Waals surface area contributed by atoms with Crippen LogP contribution >= 0.6 is 0 Å². The van der Waals surface area contributed by atoms with Crippen molar-refractivity contribution in [1.29, 1.82) is 0 Å². The van der Waals surface area contributed by atoms with Gasteiger partial charge in [-0.25, -0.2) is 8.42 Å². The summed E-state index contributed by atoms with van der Waals surface area (Å²) in [6.07, 6.45) is 3.51. The van der Waals surface area contributed by atoms with Gasteiger partial charge in [-0.1, -0.05) is 19.1 Å². The van der Waals surface area contributed by atoms with Crippen molar-refractivity contribution in [1.82, 2.24) is 9.62 Å². The lowest BCUT2D eigenvalue weighted by Crippen LogP contribution is -2.48. The van der Waals surface area contributed by atoms with Gasteiger partial charge in [0.2, 0.25) is 15.9 Å². The van der Waals surface area contributed by atoms with E-state index in [-0.39, 0.29) is 16.8 Å². The Morgan fingerprint density at radius 2 is 2.07 bits per heavy atom. The molecule has 3 rings (SSSR count). The second-order valence-electron chi connectivity index (χ2n) is 8.14. The van der Waals surface area contributed by atoms with Crippen LogP contribution in [0.5, 0.6) is 0 Å². The van der Waals surface area contributed by atoms with Crippen molar-refractivity contribution < 1.29 is 13.2 Å². The first-order valence-electron chi connectivity index (χ1n) is 10.5. The normalized spacial score (nSPS) is 19.6. The molecule has 9 nitrogen and oxygen atoms in total. The second kappa shape index (κ2) is 9.65. The van der Waals surface area contributed by atoms with Crippen LogP contribution in [0.1, 0.15) is 38.2 Å². The molecule has 1 unspecified atom stereocenters. The third-order valence-corrected chi connectivity index (χ3v) is 7.07. The van der Waals surface area contributed by atoms with Gasteiger partial charge in [-0.15, -0.1) is 0 Å². The molecule has 2 aliphatic heterocycles. The number of guanidine groups is 1. The Morgan fingerprint density at radius 1 is 1.33 bits per heavy atom. The monoisotopic (exact) mass is 436 g/mol. The molecule has 0 spiro atoms. The summed E-state index contributed by atoms with van der Waals surface area (Å²) >= 11 is 0. The van der Waals surface area contributed by atoms with Crippen molar-refractivity contribution in [2.75, 3.05) is 31.5 Å². The van der Waals surface area contributed by atoms with Gasteiger partial charge >= 0.3 is 0 Å². The molecular weight excluding hydrogens is 404 g/mol. The highest BCUT2D eigenvalue weighted by molar-refractivity contribution is 7.89. The quantitative estimate of drug-likeness (QED) is 0.267. The number of sulfonamides is 1.